The number of rotatable bonds is 5. The van der Waals surface area contributed by atoms with Gasteiger partial charge in [-0.25, -0.2) is 4.79 Å². The van der Waals surface area contributed by atoms with Gasteiger partial charge in [-0.2, -0.15) is 0 Å². The second-order valence-electron chi connectivity index (χ2n) is 5.12. The highest BCUT2D eigenvalue weighted by Crippen LogP contribution is 2.14. The molecule has 3 amide bonds. The topological polar surface area (TPSA) is 61.4 Å². The van der Waals surface area contributed by atoms with Gasteiger partial charge in [0, 0.05) is 31.1 Å². The van der Waals surface area contributed by atoms with Gasteiger partial charge in [0.1, 0.15) is 0 Å². The van der Waals surface area contributed by atoms with Gasteiger partial charge in [-0.05, 0) is 31.0 Å². The number of urea groups is 1. The molecule has 1 aliphatic rings. The molecule has 2 N–H and O–H groups in total. The zero-order valence-electron chi connectivity index (χ0n) is 12.1. The molecule has 1 aromatic carbocycles. The van der Waals surface area contributed by atoms with Gasteiger partial charge in [0.25, 0.3) is 0 Å². The van der Waals surface area contributed by atoms with E-state index in [0.29, 0.717) is 31.1 Å². The maximum Gasteiger partial charge on any atom is 0.315 e. The van der Waals surface area contributed by atoms with Crippen molar-refractivity contribution in [2.75, 3.05) is 19.6 Å². The van der Waals surface area contributed by atoms with Crippen LogP contribution in [0, 0.1) is 0 Å². The number of amides is 3. The van der Waals surface area contributed by atoms with Gasteiger partial charge >= 0.3 is 6.03 Å². The maximum atomic E-state index is 11.9. The largest absolute Gasteiger partial charge is 0.340 e. The second kappa shape index (κ2) is 7.31. The van der Waals surface area contributed by atoms with Gasteiger partial charge in [-0.15, -0.1) is 0 Å². The SMILES string of the molecule is CCNC(=O)N[C@@H]1CC(=O)N(CCc2cccc(Cl)c2)C1. The summed E-state index contributed by atoms with van der Waals surface area (Å²) < 4.78 is 0. The molecule has 0 unspecified atom stereocenters. The zero-order chi connectivity index (χ0) is 15.2. The van der Waals surface area contributed by atoms with Crippen molar-refractivity contribution in [2.45, 2.75) is 25.8 Å². The van der Waals surface area contributed by atoms with Crippen LogP contribution in [0.4, 0.5) is 4.79 Å². The molecule has 0 saturated carbocycles. The minimum atomic E-state index is -0.216. The third-order valence-corrected chi connectivity index (χ3v) is 3.68. The van der Waals surface area contributed by atoms with Crippen LogP contribution in [0.3, 0.4) is 0 Å². The molecule has 1 aromatic rings. The van der Waals surface area contributed by atoms with Crippen molar-refractivity contribution in [1.82, 2.24) is 15.5 Å². The standard InChI is InChI=1S/C15H20ClN3O2/c1-2-17-15(21)18-13-9-14(20)19(10-13)7-6-11-4-3-5-12(16)8-11/h3-5,8,13H,2,6-7,9-10H2,1H3,(H2,17,18,21)/t13-/m1/s1. The van der Waals surface area contributed by atoms with Gasteiger partial charge in [0.05, 0.1) is 6.04 Å². The number of nitrogens with zero attached hydrogens (tertiary/aromatic N) is 1. The number of hydrogen-bond acceptors (Lipinski definition) is 2. The van der Waals surface area contributed by atoms with Crippen LogP contribution < -0.4 is 10.6 Å². The number of carbonyl (C=O) groups excluding carboxylic acids is 2. The Morgan fingerprint density at radius 1 is 1.48 bits per heavy atom. The first-order valence-electron chi connectivity index (χ1n) is 7.15. The summed E-state index contributed by atoms with van der Waals surface area (Å²) in [7, 11) is 0. The van der Waals surface area contributed by atoms with Crippen LogP contribution in [0.5, 0.6) is 0 Å². The first kappa shape index (κ1) is 15.6. The summed E-state index contributed by atoms with van der Waals surface area (Å²) in [5.74, 6) is 0.0822. The van der Waals surface area contributed by atoms with Crippen molar-refractivity contribution in [3.8, 4) is 0 Å². The molecule has 5 nitrogen and oxygen atoms in total. The Morgan fingerprint density at radius 2 is 2.29 bits per heavy atom. The number of benzene rings is 1. The summed E-state index contributed by atoms with van der Waals surface area (Å²) >= 11 is 5.94. The number of carbonyl (C=O) groups is 2. The van der Waals surface area contributed by atoms with Gasteiger partial charge < -0.3 is 15.5 Å². The van der Waals surface area contributed by atoms with Gasteiger partial charge in [-0.1, -0.05) is 23.7 Å². The lowest BCUT2D eigenvalue weighted by Crippen LogP contribution is -2.43. The van der Waals surface area contributed by atoms with Crippen molar-refractivity contribution in [3.63, 3.8) is 0 Å². The van der Waals surface area contributed by atoms with Crippen molar-refractivity contribution in [3.05, 3.63) is 34.9 Å². The van der Waals surface area contributed by atoms with Crippen LogP contribution in [0.2, 0.25) is 5.02 Å². The molecule has 0 aromatic heterocycles. The van der Waals surface area contributed by atoms with E-state index in [-0.39, 0.29) is 18.0 Å². The van der Waals surface area contributed by atoms with Crippen LogP contribution in [0.1, 0.15) is 18.9 Å². The van der Waals surface area contributed by atoms with Crippen LogP contribution in [-0.4, -0.2) is 42.5 Å². The molecule has 0 spiro atoms. The molecule has 0 bridgehead atoms. The van der Waals surface area contributed by atoms with E-state index in [1.165, 1.54) is 0 Å². The van der Waals surface area contributed by atoms with E-state index in [0.717, 1.165) is 12.0 Å². The zero-order valence-corrected chi connectivity index (χ0v) is 12.8. The Balaban J connectivity index is 1.82. The fraction of sp³-hybridized carbons (Fsp3) is 0.467. The minimum Gasteiger partial charge on any atom is -0.340 e. The summed E-state index contributed by atoms with van der Waals surface area (Å²) in [6.45, 7) is 3.64. The third kappa shape index (κ3) is 4.63. The van der Waals surface area contributed by atoms with Crippen LogP contribution in [0.15, 0.2) is 24.3 Å². The summed E-state index contributed by atoms with van der Waals surface area (Å²) in [5, 5.41) is 6.19. The Kier molecular flexibility index (Phi) is 5.44. The minimum absolute atomic E-state index is 0.0822. The fourth-order valence-corrected chi connectivity index (χ4v) is 2.65. The Bertz CT molecular complexity index is 521. The molecule has 2 rings (SSSR count). The quantitative estimate of drug-likeness (QED) is 0.871. The third-order valence-electron chi connectivity index (χ3n) is 3.45. The molecule has 1 aliphatic heterocycles. The Hall–Kier alpha value is -1.75. The van der Waals surface area contributed by atoms with Gasteiger partial charge in [0.15, 0.2) is 0 Å². The average molecular weight is 310 g/mol. The lowest BCUT2D eigenvalue weighted by atomic mass is 10.1. The van der Waals surface area contributed by atoms with E-state index in [1.54, 1.807) is 4.90 Å². The molecule has 1 atom stereocenters. The van der Waals surface area contributed by atoms with E-state index in [4.69, 9.17) is 11.6 Å². The summed E-state index contributed by atoms with van der Waals surface area (Å²) in [6, 6.07) is 7.32. The molecule has 6 heteroatoms. The molecular formula is C15H20ClN3O2. The van der Waals surface area contributed by atoms with Crippen molar-refractivity contribution in [2.24, 2.45) is 0 Å². The normalized spacial score (nSPS) is 17.9. The van der Waals surface area contributed by atoms with Gasteiger partial charge in [0.2, 0.25) is 5.91 Å². The molecule has 1 saturated heterocycles. The molecule has 1 fully saturated rings. The number of likely N-dealkylation sites (tertiary alicyclic amines) is 1. The molecule has 1 heterocycles. The smallest absolute Gasteiger partial charge is 0.315 e. The highest BCUT2D eigenvalue weighted by atomic mass is 35.5. The Labute approximate surface area is 129 Å². The summed E-state index contributed by atoms with van der Waals surface area (Å²) in [4.78, 5) is 25.2. The predicted molar refractivity (Wildman–Crippen MR) is 82.3 cm³/mol. The van der Waals surface area contributed by atoms with E-state index in [1.807, 2.05) is 31.2 Å². The number of hydrogen-bond donors (Lipinski definition) is 2. The molecule has 114 valence electrons. The van der Waals surface area contributed by atoms with Crippen molar-refractivity contribution in [1.29, 1.82) is 0 Å². The van der Waals surface area contributed by atoms with E-state index >= 15 is 0 Å². The highest BCUT2D eigenvalue weighted by molar-refractivity contribution is 6.30. The summed E-state index contributed by atoms with van der Waals surface area (Å²) in [5.41, 5.74) is 1.11. The van der Waals surface area contributed by atoms with Gasteiger partial charge in [-0.3, -0.25) is 4.79 Å². The van der Waals surface area contributed by atoms with Crippen molar-refractivity contribution >= 4 is 23.5 Å². The highest BCUT2D eigenvalue weighted by Gasteiger charge is 2.30. The molecule has 0 radical (unpaired) electrons. The second-order valence-corrected chi connectivity index (χ2v) is 5.56. The number of halogens is 1. The van der Waals surface area contributed by atoms with Crippen LogP contribution in [0.25, 0.3) is 0 Å². The molecular weight excluding hydrogens is 290 g/mol. The predicted octanol–water partition coefficient (Wildman–Crippen LogP) is 1.80. The number of nitrogens with one attached hydrogen (secondary N) is 2. The summed E-state index contributed by atoms with van der Waals surface area (Å²) in [6.07, 6.45) is 1.13. The first-order valence-corrected chi connectivity index (χ1v) is 7.53. The maximum absolute atomic E-state index is 11.9. The lowest BCUT2D eigenvalue weighted by Gasteiger charge is -2.17. The fourth-order valence-electron chi connectivity index (χ4n) is 2.44. The van der Waals surface area contributed by atoms with Crippen LogP contribution >= 0.6 is 11.6 Å². The monoisotopic (exact) mass is 309 g/mol. The van der Waals surface area contributed by atoms with Crippen LogP contribution in [-0.2, 0) is 11.2 Å². The van der Waals surface area contributed by atoms with E-state index < -0.39 is 0 Å². The van der Waals surface area contributed by atoms with Crippen molar-refractivity contribution < 1.29 is 9.59 Å². The average Bonchev–Trinajstić information content (AvgIpc) is 2.77. The Morgan fingerprint density at radius 3 is 3.00 bits per heavy atom. The first-order chi connectivity index (χ1) is 10.1. The molecule has 21 heavy (non-hydrogen) atoms. The van der Waals surface area contributed by atoms with E-state index in [9.17, 15) is 9.59 Å². The lowest BCUT2D eigenvalue weighted by molar-refractivity contribution is -0.127. The van der Waals surface area contributed by atoms with E-state index in [2.05, 4.69) is 10.6 Å². The molecule has 0 aliphatic carbocycles.